The number of aliphatic hydroxyl groups excluding tert-OH is 2. The van der Waals surface area contributed by atoms with Crippen LogP contribution in [0.4, 0.5) is 0 Å². The Hall–Kier alpha value is -2.24. The van der Waals surface area contributed by atoms with Crippen LogP contribution >= 0.6 is 0 Å². The van der Waals surface area contributed by atoms with Gasteiger partial charge in [-0.15, -0.1) is 0 Å². The first-order valence-electron chi connectivity index (χ1n) is 10.5. The number of aliphatic hydroxyl groups is 2. The third-order valence-corrected chi connectivity index (χ3v) is 6.42. The maximum absolute atomic E-state index is 12.0. The SMILES string of the molecule is CC1=C[C@H]2C[C@H](C)[C@@H](O)[C@H](C)[C@H]2[C@H](/C=C(C)/C=C(/C)C=CC(=O)O)/C1=C\C(=O)CO. The van der Waals surface area contributed by atoms with Crippen molar-refractivity contribution in [1.82, 2.24) is 0 Å². The normalized spacial score (nSPS) is 34.1. The first kappa shape index (κ1) is 24.0. The average Bonchev–Trinajstić information content (AvgIpc) is 2.66. The molecule has 2 aliphatic rings. The van der Waals surface area contributed by atoms with Crippen molar-refractivity contribution in [2.24, 2.45) is 29.6 Å². The molecule has 0 aromatic carbocycles. The number of allylic oxidation sites excluding steroid dienone is 8. The van der Waals surface area contributed by atoms with Crippen molar-refractivity contribution in [3.05, 3.63) is 58.7 Å². The number of aliphatic carboxylic acids is 1. The smallest absolute Gasteiger partial charge is 0.328 e. The molecule has 2 rings (SSSR count). The number of carboxylic acid groups (broad SMARTS) is 1. The molecule has 5 nitrogen and oxygen atoms in total. The summed E-state index contributed by atoms with van der Waals surface area (Å²) in [5, 5.41) is 28.8. The molecule has 5 heteroatoms. The molecular formula is C25H34O5. The molecule has 0 saturated heterocycles. The lowest BCUT2D eigenvalue weighted by Crippen LogP contribution is -2.45. The Morgan fingerprint density at radius 2 is 1.83 bits per heavy atom. The summed E-state index contributed by atoms with van der Waals surface area (Å²) in [6.07, 6.45) is 10.9. The van der Waals surface area contributed by atoms with Crippen LogP contribution in [-0.4, -0.2) is 39.8 Å². The third kappa shape index (κ3) is 5.67. The van der Waals surface area contributed by atoms with Gasteiger partial charge in [0, 0.05) is 12.0 Å². The summed E-state index contributed by atoms with van der Waals surface area (Å²) in [4.78, 5) is 22.8. The molecule has 3 N–H and O–H groups in total. The number of hydrogen-bond acceptors (Lipinski definition) is 4. The summed E-state index contributed by atoms with van der Waals surface area (Å²) in [5.41, 5.74) is 3.70. The summed E-state index contributed by atoms with van der Waals surface area (Å²) in [7, 11) is 0. The lowest BCUT2D eigenvalue weighted by molar-refractivity contribution is -0.131. The predicted molar refractivity (Wildman–Crippen MR) is 118 cm³/mol. The minimum Gasteiger partial charge on any atom is -0.478 e. The van der Waals surface area contributed by atoms with Gasteiger partial charge in [0.05, 0.1) is 6.10 Å². The van der Waals surface area contributed by atoms with Crippen molar-refractivity contribution in [1.29, 1.82) is 0 Å². The molecule has 2 aliphatic carbocycles. The van der Waals surface area contributed by atoms with E-state index in [1.54, 1.807) is 6.08 Å². The molecule has 0 aromatic heterocycles. The molecule has 0 spiro atoms. The van der Waals surface area contributed by atoms with E-state index in [-0.39, 0.29) is 29.5 Å². The molecule has 30 heavy (non-hydrogen) atoms. The van der Waals surface area contributed by atoms with Crippen LogP contribution in [0.15, 0.2) is 58.7 Å². The van der Waals surface area contributed by atoms with E-state index in [4.69, 9.17) is 5.11 Å². The van der Waals surface area contributed by atoms with E-state index in [2.05, 4.69) is 26.0 Å². The number of fused-ring (bicyclic) bond motifs is 1. The molecule has 0 radical (unpaired) electrons. The Morgan fingerprint density at radius 3 is 2.43 bits per heavy atom. The van der Waals surface area contributed by atoms with Crippen LogP contribution in [0.3, 0.4) is 0 Å². The molecule has 0 bridgehead atoms. The quantitative estimate of drug-likeness (QED) is 0.453. The van der Waals surface area contributed by atoms with Gasteiger partial charge in [-0.3, -0.25) is 4.79 Å². The highest BCUT2D eigenvalue weighted by atomic mass is 16.4. The number of ketones is 1. The van der Waals surface area contributed by atoms with Crippen LogP contribution in [0.2, 0.25) is 0 Å². The highest BCUT2D eigenvalue weighted by molar-refractivity contribution is 5.92. The van der Waals surface area contributed by atoms with Gasteiger partial charge in [-0.05, 0) is 62.5 Å². The molecule has 1 fully saturated rings. The molecular weight excluding hydrogens is 380 g/mol. The summed E-state index contributed by atoms with van der Waals surface area (Å²) >= 11 is 0. The minimum absolute atomic E-state index is 0.0572. The van der Waals surface area contributed by atoms with Gasteiger partial charge < -0.3 is 15.3 Å². The first-order valence-corrected chi connectivity index (χ1v) is 10.5. The van der Waals surface area contributed by atoms with E-state index >= 15 is 0 Å². The van der Waals surface area contributed by atoms with Crippen molar-refractivity contribution >= 4 is 11.8 Å². The second-order valence-electron chi connectivity index (χ2n) is 8.87. The molecule has 0 amide bonds. The van der Waals surface area contributed by atoms with E-state index in [1.807, 2.05) is 26.8 Å². The van der Waals surface area contributed by atoms with E-state index in [0.29, 0.717) is 5.92 Å². The summed E-state index contributed by atoms with van der Waals surface area (Å²) in [5.74, 6) is -0.666. The molecule has 6 atom stereocenters. The first-order chi connectivity index (χ1) is 14.0. The zero-order valence-corrected chi connectivity index (χ0v) is 18.5. The van der Waals surface area contributed by atoms with Gasteiger partial charge in [-0.25, -0.2) is 4.79 Å². The van der Waals surface area contributed by atoms with Crippen molar-refractivity contribution in [2.45, 2.75) is 47.1 Å². The van der Waals surface area contributed by atoms with Crippen molar-refractivity contribution in [3.8, 4) is 0 Å². The summed E-state index contributed by atoms with van der Waals surface area (Å²) < 4.78 is 0. The second-order valence-corrected chi connectivity index (χ2v) is 8.87. The van der Waals surface area contributed by atoms with Gasteiger partial charge >= 0.3 is 5.97 Å². The fourth-order valence-corrected chi connectivity index (χ4v) is 5.09. The number of carboxylic acids is 1. The number of hydrogen-bond donors (Lipinski definition) is 3. The van der Waals surface area contributed by atoms with Gasteiger partial charge in [0.15, 0.2) is 5.78 Å². The lowest BCUT2D eigenvalue weighted by atomic mass is 9.57. The molecule has 0 heterocycles. The van der Waals surface area contributed by atoms with E-state index in [9.17, 15) is 19.8 Å². The zero-order chi connectivity index (χ0) is 22.6. The second kappa shape index (κ2) is 10.2. The van der Waals surface area contributed by atoms with Crippen molar-refractivity contribution in [2.75, 3.05) is 6.61 Å². The number of carbonyl (C=O) groups excluding carboxylic acids is 1. The number of rotatable bonds is 6. The average molecular weight is 415 g/mol. The fourth-order valence-electron chi connectivity index (χ4n) is 5.09. The Balaban J connectivity index is 2.52. The number of carbonyl (C=O) groups is 2. The van der Waals surface area contributed by atoms with Crippen LogP contribution in [0.5, 0.6) is 0 Å². The maximum Gasteiger partial charge on any atom is 0.328 e. The lowest BCUT2D eigenvalue weighted by Gasteiger charge is -2.48. The van der Waals surface area contributed by atoms with Crippen LogP contribution < -0.4 is 0 Å². The molecule has 0 unspecified atom stereocenters. The van der Waals surface area contributed by atoms with Crippen molar-refractivity contribution < 1.29 is 24.9 Å². The van der Waals surface area contributed by atoms with Crippen molar-refractivity contribution in [3.63, 3.8) is 0 Å². The molecule has 164 valence electrons. The van der Waals surface area contributed by atoms with Gasteiger partial charge in [0.1, 0.15) is 6.61 Å². The highest BCUT2D eigenvalue weighted by Crippen LogP contribution is 2.50. The Bertz CT molecular complexity index is 826. The van der Waals surface area contributed by atoms with Gasteiger partial charge in [0.25, 0.3) is 0 Å². The fraction of sp³-hybridized carbons (Fsp3) is 0.520. The predicted octanol–water partition coefficient (Wildman–Crippen LogP) is 3.85. The molecule has 1 saturated carbocycles. The Kier molecular flexibility index (Phi) is 8.16. The third-order valence-electron chi connectivity index (χ3n) is 6.42. The van der Waals surface area contributed by atoms with Gasteiger partial charge in [-0.2, -0.15) is 0 Å². The van der Waals surface area contributed by atoms with Crippen LogP contribution in [0, 0.1) is 29.6 Å². The molecule has 0 aliphatic heterocycles. The maximum atomic E-state index is 12.0. The van der Waals surface area contributed by atoms with Crippen LogP contribution in [0.1, 0.15) is 41.0 Å². The van der Waals surface area contributed by atoms with E-state index in [1.165, 1.54) is 6.08 Å². The Labute approximate surface area is 179 Å². The summed E-state index contributed by atoms with van der Waals surface area (Å²) in [6, 6.07) is 0. The largest absolute Gasteiger partial charge is 0.478 e. The van der Waals surface area contributed by atoms with E-state index in [0.717, 1.165) is 34.8 Å². The topological polar surface area (TPSA) is 94.8 Å². The molecule has 0 aromatic rings. The summed E-state index contributed by atoms with van der Waals surface area (Å²) in [6.45, 7) is 9.42. The monoisotopic (exact) mass is 414 g/mol. The highest BCUT2D eigenvalue weighted by Gasteiger charge is 2.45. The van der Waals surface area contributed by atoms with Gasteiger partial charge in [-0.1, -0.05) is 54.9 Å². The van der Waals surface area contributed by atoms with Gasteiger partial charge in [0.2, 0.25) is 0 Å². The van der Waals surface area contributed by atoms with E-state index < -0.39 is 18.7 Å². The van der Waals surface area contributed by atoms with Crippen LogP contribution in [0.25, 0.3) is 0 Å². The standard InChI is InChI=1S/C25H34O5/c1-14(6-7-23(28)29)8-15(2)9-22-21(12-20(27)13-26)16(3)10-19-11-17(4)25(30)18(5)24(19)22/h6-10,12,17-19,22,24-26,30H,11,13H2,1-5H3,(H,28,29)/b7-6?,14-8-,15-9+,21-12-/t17-,18+,19-,22+,24+,25+/m0/s1. The van der Waals surface area contributed by atoms with Crippen LogP contribution in [-0.2, 0) is 9.59 Å². The minimum atomic E-state index is -0.993. The zero-order valence-electron chi connectivity index (χ0n) is 18.5. The Morgan fingerprint density at radius 1 is 1.17 bits per heavy atom.